The van der Waals surface area contributed by atoms with Gasteiger partial charge in [-0.05, 0) is 35.7 Å². The SMILES string of the molecule is Cn1c(SCC(=O)NNC(=O)c2ccc(Cl)cc2)nc2sccc2c1=O. The summed E-state index contributed by atoms with van der Waals surface area (Å²) in [5, 5.41) is 3.31. The molecule has 3 aromatic rings. The second-order valence-electron chi connectivity index (χ2n) is 5.20. The van der Waals surface area contributed by atoms with Gasteiger partial charge in [-0.2, -0.15) is 0 Å². The maximum absolute atomic E-state index is 12.2. The molecule has 0 saturated heterocycles. The van der Waals surface area contributed by atoms with Crippen molar-refractivity contribution in [2.45, 2.75) is 5.16 Å². The molecular formula is C16H13ClN4O3S2. The summed E-state index contributed by atoms with van der Waals surface area (Å²) >= 11 is 8.24. The van der Waals surface area contributed by atoms with E-state index in [0.29, 0.717) is 26.0 Å². The van der Waals surface area contributed by atoms with Gasteiger partial charge in [-0.3, -0.25) is 29.8 Å². The smallest absolute Gasteiger partial charge is 0.269 e. The first kappa shape index (κ1) is 18.4. The van der Waals surface area contributed by atoms with Gasteiger partial charge in [0.1, 0.15) is 4.83 Å². The number of nitrogens with one attached hydrogen (secondary N) is 2. The number of nitrogens with zero attached hydrogens (tertiary/aromatic N) is 2. The van der Waals surface area contributed by atoms with E-state index in [2.05, 4.69) is 15.8 Å². The Labute approximate surface area is 161 Å². The molecule has 0 spiro atoms. The summed E-state index contributed by atoms with van der Waals surface area (Å²) in [6, 6.07) is 7.99. The molecule has 2 amide bonds. The lowest BCUT2D eigenvalue weighted by atomic mass is 10.2. The average Bonchev–Trinajstić information content (AvgIpc) is 3.10. The highest BCUT2D eigenvalue weighted by molar-refractivity contribution is 7.99. The Morgan fingerprint density at radius 2 is 1.96 bits per heavy atom. The molecule has 0 aliphatic carbocycles. The van der Waals surface area contributed by atoms with Crippen molar-refractivity contribution in [3.05, 3.63) is 56.7 Å². The van der Waals surface area contributed by atoms with E-state index < -0.39 is 11.8 Å². The van der Waals surface area contributed by atoms with Crippen molar-refractivity contribution in [1.82, 2.24) is 20.4 Å². The molecule has 0 bridgehead atoms. The van der Waals surface area contributed by atoms with Crippen molar-refractivity contribution in [2.75, 3.05) is 5.75 Å². The lowest BCUT2D eigenvalue weighted by Crippen LogP contribution is -2.42. The van der Waals surface area contributed by atoms with Crippen molar-refractivity contribution in [1.29, 1.82) is 0 Å². The Hall–Kier alpha value is -2.36. The number of thiophene rings is 1. The summed E-state index contributed by atoms with van der Waals surface area (Å²) in [6.45, 7) is 0. The standard InChI is InChI=1S/C16H13ClN4O3S2/c1-21-15(24)11-6-7-25-14(11)18-16(21)26-8-12(22)19-20-13(23)9-2-4-10(17)5-3-9/h2-7H,8H2,1H3,(H,19,22)(H,20,23). The van der Waals surface area contributed by atoms with Crippen LogP contribution in [0.5, 0.6) is 0 Å². The van der Waals surface area contributed by atoms with Gasteiger partial charge in [-0.1, -0.05) is 23.4 Å². The van der Waals surface area contributed by atoms with Gasteiger partial charge in [0.25, 0.3) is 11.5 Å². The summed E-state index contributed by atoms with van der Waals surface area (Å²) in [4.78, 5) is 41.1. The van der Waals surface area contributed by atoms with Crippen LogP contribution in [-0.4, -0.2) is 27.1 Å². The molecule has 1 aromatic carbocycles. The number of carbonyl (C=O) groups excluding carboxylic acids is 2. The Balaban J connectivity index is 1.57. The average molecular weight is 409 g/mol. The highest BCUT2D eigenvalue weighted by Crippen LogP contribution is 2.20. The Morgan fingerprint density at radius 3 is 2.69 bits per heavy atom. The van der Waals surface area contributed by atoms with Gasteiger partial charge in [0.05, 0.1) is 11.1 Å². The Bertz CT molecular complexity index is 1030. The van der Waals surface area contributed by atoms with Crippen LogP contribution in [0.2, 0.25) is 5.02 Å². The fourth-order valence-corrected chi connectivity index (χ4v) is 3.78. The number of aromatic nitrogens is 2. The number of thioether (sulfide) groups is 1. The van der Waals surface area contributed by atoms with E-state index in [0.717, 1.165) is 11.8 Å². The molecule has 2 aromatic heterocycles. The zero-order valence-electron chi connectivity index (χ0n) is 13.5. The molecule has 2 heterocycles. The first-order chi connectivity index (χ1) is 12.5. The number of halogens is 1. The van der Waals surface area contributed by atoms with Gasteiger partial charge in [0, 0.05) is 17.6 Å². The topological polar surface area (TPSA) is 93.1 Å². The number of fused-ring (bicyclic) bond motifs is 1. The quantitative estimate of drug-likeness (QED) is 0.392. The molecule has 0 fully saturated rings. The number of hydrogen-bond acceptors (Lipinski definition) is 6. The third-order valence-corrected chi connectivity index (χ3v) is 5.51. The van der Waals surface area contributed by atoms with Gasteiger partial charge in [0.15, 0.2) is 5.16 Å². The van der Waals surface area contributed by atoms with Crippen LogP contribution in [0, 0.1) is 0 Å². The van der Waals surface area contributed by atoms with Crippen LogP contribution in [0.1, 0.15) is 10.4 Å². The molecule has 0 aliphatic rings. The summed E-state index contributed by atoms with van der Waals surface area (Å²) in [5.41, 5.74) is 4.86. The van der Waals surface area contributed by atoms with Crippen molar-refractivity contribution < 1.29 is 9.59 Å². The van der Waals surface area contributed by atoms with Crippen LogP contribution in [0.15, 0.2) is 45.7 Å². The zero-order valence-corrected chi connectivity index (χ0v) is 15.9. The van der Waals surface area contributed by atoms with Crippen LogP contribution in [0.4, 0.5) is 0 Å². The molecular weight excluding hydrogens is 396 g/mol. The Morgan fingerprint density at radius 1 is 1.23 bits per heavy atom. The van der Waals surface area contributed by atoms with Crippen LogP contribution in [-0.2, 0) is 11.8 Å². The van der Waals surface area contributed by atoms with Crippen molar-refractivity contribution in [3.63, 3.8) is 0 Å². The van der Waals surface area contributed by atoms with E-state index in [4.69, 9.17) is 11.6 Å². The molecule has 134 valence electrons. The number of carbonyl (C=O) groups is 2. The second-order valence-corrected chi connectivity index (χ2v) is 7.47. The lowest BCUT2D eigenvalue weighted by molar-refractivity contribution is -0.119. The zero-order chi connectivity index (χ0) is 18.7. The highest BCUT2D eigenvalue weighted by atomic mass is 35.5. The van der Waals surface area contributed by atoms with E-state index in [9.17, 15) is 14.4 Å². The number of benzene rings is 1. The number of rotatable bonds is 4. The van der Waals surface area contributed by atoms with Crippen LogP contribution in [0.25, 0.3) is 10.2 Å². The molecule has 0 atom stereocenters. The predicted octanol–water partition coefficient (Wildman–Crippen LogP) is 2.20. The largest absolute Gasteiger partial charge is 0.290 e. The number of hydrogen-bond donors (Lipinski definition) is 2. The number of hydrazine groups is 1. The summed E-state index contributed by atoms with van der Waals surface area (Å²) in [5.74, 6) is -0.874. The molecule has 0 unspecified atom stereocenters. The van der Waals surface area contributed by atoms with E-state index in [1.165, 1.54) is 15.9 Å². The van der Waals surface area contributed by atoms with Crippen LogP contribution in [0.3, 0.4) is 0 Å². The first-order valence-electron chi connectivity index (χ1n) is 7.37. The van der Waals surface area contributed by atoms with Gasteiger partial charge in [-0.25, -0.2) is 4.98 Å². The minimum atomic E-state index is -0.453. The molecule has 26 heavy (non-hydrogen) atoms. The summed E-state index contributed by atoms with van der Waals surface area (Å²) < 4.78 is 1.40. The summed E-state index contributed by atoms with van der Waals surface area (Å²) in [6.07, 6.45) is 0. The minimum Gasteiger partial charge on any atom is -0.290 e. The molecule has 0 saturated carbocycles. The van der Waals surface area contributed by atoms with Gasteiger partial charge < -0.3 is 0 Å². The molecule has 0 aliphatic heterocycles. The van der Waals surface area contributed by atoms with Gasteiger partial charge in [-0.15, -0.1) is 11.3 Å². The van der Waals surface area contributed by atoms with Crippen LogP contribution >= 0.6 is 34.7 Å². The van der Waals surface area contributed by atoms with Gasteiger partial charge >= 0.3 is 0 Å². The lowest BCUT2D eigenvalue weighted by Gasteiger charge is -2.09. The van der Waals surface area contributed by atoms with Crippen LogP contribution < -0.4 is 16.4 Å². The minimum absolute atomic E-state index is 0.00192. The monoisotopic (exact) mass is 408 g/mol. The van der Waals surface area contributed by atoms with E-state index in [-0.39, 0.29) is 11.3 Å². The second kappa shape index (κ2) is 7.90. The fraction of sp³-hybridized carbons (Fsp3) is 0.125. The first-order valence-corrected chi connectivity index (χ1v) is 9.62. The maximum Gasteiger partial charge on any atom is 0.269 e. The molecule has 3 rings (SSSR count). The highest BCUT2D eigenvalue weighted by Gasteiger charge is 2.12. The third kappa shape index (κ3) is 4.06. The maximum atomic E-state index is 12.2. The van der Waals surface area contributed by atoms with E-state index in [1.54, 1.807) is 42.8 Å². The Kier molecular flexibility index (Phi) is 5.60. The van der Waals surface area contributed by atoms with Crippen molar-refractivity contribution in [3.8, 4) is 0 Å². The predicted molar refractivity (Wildman–Crippen MR) is 103 cm³/mol. The van der Waals surface area contributed by atoms with Crippen molar-refractivity contribution >= 4 is 56.7 Å². The molecule has 2 N–H and O–H groups in total. The normalized spacial score (nSPS) is 10.7. The molecule has 0 radical (unpaired) electrons. The summed E-state index contributed by atoms with van der Waals surface area (Å²) in [7, 11) is 1.61. The van der Waals surface area contributed by atoms with E-state index in [1.807, 2.05) is 0 Å². The van der Waals surface area contributed by atoms with Crippen molar-refractivity contribution in [2.24, 2.45) is 7.05 Å². The van der Waals surface area contributed by atoms with E-state index >= 15 is 0 Å². The molecule has 7 nitrogen and oxygen atoms in total. The number of amides is 2. The third-order valence-electron chi connectivity index (χ3n) is 3.42. The molecule has 10 heteroatoms. The van der Waals surface area contributed by atoms with Gasteiger partial charge in [0.2, 0.25) is 5.91 Å². The fourth-order valence-electron chi connectivity index (χ4n) is 2.08.